The zero-order valence-electron chi connectivity index (χ0n) is 11.9. The average molecular weight is 285 g/mol. The van der Waals surface area contributed by atoms with E-state index in [4.69, 9.17) is 0 Å². The molecule has 1 aliphatic rings. The van der Waals surface area contributed by atoms with Crippen LogP contribution in [0, 0.1) is 0 Å². The van der Waals surface area contributed by atoms with Gasteiger partial charge in [-0.1, -0.05) is 24.3 Å². The molecule has 2 heterocycles. The van der Waals surface area contributed by atoms with E-state index in [0.717, 1.165) is 37.2 Å². The van der Waals surface area contributed by atoms with Crippen LogP contribution in [0.1, 0.15) is 23.5 Å². The third-order valence-electron chi connectivity index (χ3n) is 4.01. The minimum absolute atomic E-state index is 0.414. The van der Waals surface area contributed by atoms with Gasteiger partial charge in [0.1, 0.15) is 0 Å². The zero-order valence-corrected chi connectivity index (χ0v) is 11.9. The van der Waals surface area contributed by atoms with Crippen molar-refractivity contribution in [3.8, 4) is 0 Å². The first-order chi connectivity index (χ1) is 10.2. The summed E-state index contributed by atoms with van der Waals surface area (Å²) in [4.78, 5) is 17.7. The van der Waals surface area contributed by atoms with Crippen molar-refractivity contribution in [2.45, 2.75) is 25.4 Å². The van der Waals surface area contributed by atoms with Gasteiger partial charge in [-0.3, -0.25) is 9.69 Å². The van der Waals surface area contributed by atoms with Gasteiger partial charge >= 0.3 is 5.97 Å². The van der Waals surface area contributed by atoms with E-state index in [1.165, 1.54) is 0 Å². The molecule has 21 heavy (non-hydrogen) atoms. The molecule has 0 spiro atoms. The second-order valence-corrected chi connectivity index (χ2v) is 5.48. The highest BCUT2D eigenvalue weighted by Gasteiger charge is 2.29. The van der Waals surface area contributed by atoms with Crippen molar-refractivity contribution in [2.75, 3.05) is 13.1 Å². The Morgan fingerprint density at radius 2 is 2.19 bits per heavy atom. The summed E-state index contributed by atoms with van der Waals surface area (Å²) in [6, 6.07) is 7.88. The topological polar surface area (TPSA) is 58.4 Å². The minimum Gasteiger partial charge on any atom is -0.481 e. The van der Waals surface area contributed by atoms with E-state index in [9.17, 15) is 9.90 Å². The number of aliphatic carboxylic acids is 1. The van der Waals surface area contributed by atoms with E-state index >= 15 is 0 Å². The van der Waals surface area contributed by atoms with Gasteiger partial charge in [0.15, 0.2) is 0 Å². The standard InChI is InChI=1S/C16H19N3O2/c20-16(21)15-11-19(8-3-7-18-9-6-17-12-18)10-13-4-1-2-5-14(13)15/h1-2,4-6,9,12,15H,3,7-8,10-11H2,(H,20,21). The van der Waals surface area contributed by atoms with Gasteiger partial charge in [-0.05, 0) is 17.5 Å². The van der Waals surface area contributed by atoms with Crippen molar-refractivity contribution in [3.63, 3.8) is 0 Å². The lowest BCUT2D eigenvalue weighted by atomic mass is 9.90. The fraction of sp³-hybridized carbons (Fsp3) is 0.375. The molecule has 0 bridgehead atoms. The molecule has 5 heteroatoms. The van der Waals surface area contributed by atoms with Crippen molar-refractivity contribution in [3.05, 3.63) is 54.1 Å². The summed E-state index contributed by atoms with van der Waals surface area (Å²) < 4.78 is 2.05. The molecule has 0 amide bonds. The molecule has 5 nitrogen and oxygen atoms in total. The molecule has 1 aromatic carbocycles. The van der Waals surface area contributed by atoms with Gasteiger partial charge in [0.25, 0.3) is 0 Å². The quantitative estimate of drug-likeness (QED) is 0.912. The van der Waals surface area contributed by atoms with E-state index in [-0.39, 0.29) is 0 Å². The molecule has 3 rings (SSSR count). The molecule has 1 aliphatic heterocycles. The number of nitrogens with zero attached hydrogens (tertiary/aromatic N) is 3. The number of carboxylic acids is 1. The SMILES string of the molecule is O=C(O)C1CN(CCCn2ccnc2)Cc2ccccc21. The summed E-state index contributed by atoms with van der Waals surface area (Å²) in [5.74, 6) is -1.15. The Morgan fingerprint density at radius 1 is 1.33 bits per heavy atom. The van der Waals surface area contributed by atoms with Gasteiger partial charge in [0, 0.05) is 38.6 Å². The van der Waals surface area contributed by atoms with Gasteiger partial charge < -0.3 is 9.67 Å². The third kappa shape index (κ3) is 3.13. The maximum absolute atomic E-state index is 11.5. The van der Waals surface area contributed by atoms with Crippen LogP contribution in [0.2, 0.25) is 0 Å². The van der Waals surface area contributed by atoms with Crippen LogP contribution in [0.3, 0.4) is 0 Å². The summed E-state index contributed by atoms with van der Waals surface area (Å²) in [5, 5.41) is 9.44. The fourth-order valence-corrected chi connectivity index (χ4v) is 2.96. The number of carboxylic acid groups (broad SMARTS) is 1. The Hall–Kier alpha value is -2.14. The lowest BCUT2D eigenvalue weighted by Crippen LogP contribution is -2.37. The van der Waals surface area contributed by atoms with Gasteiger partial charge in [-0.15, -0.1) is 0 Å². The molecule has 1 N–H and O–H groups in total. The molecule has 110 valence electrons. The molecule has 0 fully saturated rings. The summed E-state index contributed by atoms with van der Waals surface area (Å²) in [5.41, 5.74) is 2.11. The Labute approximate surface area is 123 Å². The fourth-order valence-electron chi connectivity index (χ4n) is 2.96. The van der Waals surface area contributed by atoms with Gasteiger partial charge in [0.05, 0.1) is 12.2 Å². The van der Waals surface area contributed by atoms with Crippen molar-refractivity contribution in [1.82, 2.24) is 14.5 Å². The van der Waals surface area contributed by atoms with E-state index < -0.39 is 11.9 Å². The van der Waals surface area contributed by atoms with E-state index in [0.29, 0.717) is 6.54 Å². The van der Waals surface area contributed by atoms with E-state index in [1.807, 2.05) is 41.4 Å². The first-order valence-corrected chi connectivity index (χ1v) is 7.23. The van der Waals surface area contributed by atoms with E-state index in [2.05, 4.69) is 9.88 Å². The highest BCUT2D eigenvalue weighted by Crippen LogP contribution is 2.28. The molecule has 1 aromatic heterocycles. The normalized spacial score (nSPS) is 18.4. The van der Waals surface area contributed by atoms with Gasteiger partial charge in [-0.2, -0.15) is 0 Å². The van der Waals surface area contributed by atoms with Crippen molar-refractivity contribution >= 4 is 5.97 Å². The largest absolute Gasteiger partial charge is 0.481 e. The van der Waals surface area contributed by atoms with Crippen LogP contribution in [-0.4, -0.2) is 38.6 Å². The molecule has 0 aliphatic carbocycles. The Morgan fingerprint density at radius 3 is 2.95 bits per heavy atom. The van der Waals surface area contributed by atoms with Gasteiger partial charge in [0.2, 0.25) is 0 Å². The van der Waals surface area contributed by atoms with Crippen LogP contribution >= 0.6 is 0 Å². The molecule has 2 aromatic rings. The molecular formula is C16H19N3O2. The maximum atomic E-state index is 11.5. The van der Waals surface area contributed by atoms with Crippen molar-refractivity contribution < 1.29 is 9.90 Å². The number of hydrogen-bond donors (Lipinski definition) is 1. The maximum Gasteiger partial charge on any atom is 0.312 e. The lowest BCUT2D eigenvalue weighted by molar-refractivity contribution is -0.139. The van der Waals surface area contributed by atoms with E-state index in [1.54, 1.807) is 6.20 Å². The molecule has 0 saturated heterocycles. The Balaban J connectivity index is 1.64. The van der Waals surface area contributed by atoms with Crippen LogP contribution in [0.25, 0.3) is 0 Å². The number of benzene rings is 1. The molecule has 1 atom stereocenters. The lowest BCUT2D eigenvalue weighted by Gasteiger charge is -2.32. The van der Waals surface area contributed by atoms with Crippen molar-refractivity contribution in [2.24, 2.45) is 0 Å². The smallest absolute Gasteiger partial charge is 0.312 e. The monoisotopic (exact) mass is 285 g/mol. The predicted molar refractivity (Wildman–Crippen MR) is 78.9 cm³/mol. The Bertz CT molecular complexity index is 610. The first kappa shape index (κ1) is 13.8. The number of aromatic nitrogens is 2. The molecule has 1 unspecified atom stereocenters. The average Bonchev–Trinajstić information content (AvgIpc) is 2.99. The number of aryl methyl sites for hydroxylation is 1. The highest BCUT2D eigenvalue weighted by molar-refractivity contribution is 5.77. The van der Waals surface area contributed by atoms with Crippen LogP contribution in [0.15, 0.2) is 43.0 Å². The van der Waals surface area contributed by atoms with Gasteiger partial charge in [-0.25, -0.2) is 4.98 Å². The molecule has 0 saturated carbocycles. The number of hydrogen-bond acceptors (Lipinski definition) is 3. The number of rotatable bonds is 5. The van der Waals surface area contributed by atoms with Crippen LogP contribution in [0.5, 0.6) is 0 Å². The second kappa shape index (κ2) is 6.10. The highest BCUT2D eigenvalue weighted by atomic mass is 16.4. The first-order valence-electron chi connectivity index (χ1n) is 7.23. The van der Waals surface area contributed by atoms with Crippen LogP contribution in [0.4, 0.5) is 0 Å². The molecule has 0 radical (unpaired) electrons. The number of carbonyl (C=O) groups is 1. The zero-order chi connectivity index (χ0) is 14.7. The predicted octanol–water partition coefficient (Wildman–Crippen LogP) is 1.96. The summed E-state index contributed by atoms with van der Waals surface area (Å²) in [6.45, 7) is 3.24. The third-order valence-corrected chi connectivity index (χ3v) is 4.01. The summed E-state index contributed by atoms with van der Waals surface area (Å²) >= 11 is 0. The number of imidazole rings is 1. The Kier molecular flexibility index (Phi) is 4.01. The van der Waals surface area contributed by atoms with Crippen molar-refractivity contribution in [1.29, 1.82) is 0 Å². The summed E-state index contributed by atoms with van der Waals surface area (Å²) in [6.07, 6.45) is 6.53. The molecular weight excluding hydrogens is 266 g/mol. The summed E-state index contributed by atoms with van der Waals surface area (Å²) in [7, 11) is 0. The number of fused-ring (bicyclic) bond motifs is 1. The second-order valence-electron chi connectivity index (χ2n) is 5.48. The minimum atomic E-state index is -0.734. The van der Waals surface area contributed by atoms with Crippen LogP contribution in [-0.2, 0) is 17.9 Å². The van der Waals surface area contributed by atoms with Crippen LogP contribution < -0.4 is 0 Å².